The van der Waals surface area contributed by atoms with Crippen LogP contribution < -0.4 is 0 Å². The molecule has 5 atom stereocenters. The largest absolute Gasteiger partial charge is 0.393 e. The minimum atomic E-state index is -0.591. The normalized spacial score (nSPS) is 43.7. The van der Waals surface area contributed by atoms with E-state index in [-0.39, 0.29) is 0 Å². The van der Waals surface area contributed by atoms with E-state index in [2.05, 4.69) is 39.5 Å². The molecule has 0 spiro atoms. The first-order valence-electron chi connectivity index (χ1n) is 9.78. The molecule has 24 heavy (non-hydrogen) atoms. The van der Waals surface area contributed by atoms with Gasteiger partial charge in [0, 0.05) is 6.42 Å². The zero-order valence-electron chi connectivity index (χ0n) is 15.6. The van der Waals surface area contributed by atoms with Gasteiger partial charge in [0.2, 0.25) is 0 Å². The van der Waals surface area contributed by atoms with Crippen molar-refractivity contribution in [2.24, 2.45) is 23.2 Å². The van der Waals surface area contributed by atoms with Gasteiger partial charge < -0.3 is 10.2 Å². The lowest BCUT2D eigenvalue weighted by atomic mass is 9.61. The molecule has 0 aromatic heterocycles. The number of fused-ring (bicyclic) bond motifs is 1. The van der Waals surface area contributed by atoms with Crippen molar-refractivity contribution in [3.8, 4) is 0 Å². The van der Waals surface area contributed by atoms with Gasteiger partial charge in [0.05, 0.1) is 12.2 Å². The van der Waals surface area contributed by atoms with E-state index in [1.165, 1.54) is 32.1 Å². The van der Waals surface area contributed by atoms with Crippen molar-refractivity contribution in [1.29, 1.82) is 0 Å². The molecule has 0 aliphatic heterocycles. The van der Waals surface area contributed by atoms with E-state index in [4.69, 9.17) is 0 Å². The third-order valence-electron chi connectivity index (χ3n) is 7.11. The van der Waals surface area contributed by atoms with Crippen LogP contribution in [0.25, 0.3) is 0 Å². The summed E-state index contributed by atoms with van der Waals surface area (Å²) in [5, 5.41) is 20.0. The fourth-order valence-corrected chi connectivity index (χ4v) is 5.84. The summed E-state index contributed by atoms with van der Waals surface area (Å²) in [7, 11) is 0. The van der Waals surface area contributed by atoms with Crippen LogP contribution in [-0.4, -0.2) is 22.4 Å². The van der Waals surface area contributed by atoms with Gasteiger partial charge in [-0.05, 0) is 72.8 Å². The second-order valence-electron chi connectivity index (χ2n) is 8.91. The molecule has 0 aromatic carbocycles. The highest BCUT2D eigenvalue weighted by Gasteiger charge is 2.49. The average molecular weight is 331 g/mol. The van der Waals surface area contributed by atoms with E-state index in [9.17, 15) is 10.2 Å². The Morgan fingerprint density at radius 1 is 1.21 bits per heavy atom. The molecular formula is C22H34O2. The monoisotopic (exact) mass is 330 g/mol. The molecule has 2 nitrogen and oxygen atoms in total. The van der Waals surface area contributed by atoms with E-state index in [0.717, 1.165) is 23.0 Å². The average Bonchev–Trinajstić information content (AvgIpc) is 2.87. The highest BCUT2D eigenvalue weighted by Crippen LogP contribution is 2.59. The number of aliphatic hydroxyl groups is 2. The Hall–Kier alpha value is -0.860. The van der Waals surface area contributed by atoms with Crippen molar-refractivity contribution in [3.63, 3.8) is 0 Å². The maximum Gasteiger partial charge on any atom is 0.0811 e. The fraction of sp³-hybridized carbons (Fsp3) is 0.727. The minimum Gasteiger partial charge on any atom is -0.393 e. The summed E-state index contributed by atoms with van der Waals surface area (Å²) in [6, 6.07) is 0. The molecule has 134 valence electrons. The number of hydrogen-bond donors (Lipinski definition) is 2. The standard InChI is InChI=1S/C22H34O2/c1-14(2)19-9-10-20-16(6-5-11-22(19,20)4)7-8-17-12-18(23)13-21(24)15(17)3/h7-8,14,18-21,23-24H,3,5-6,9-13H2,1-2,4H3/b16-7+,17-8+/t18-,19-,20+,21+,22-/m1/s1. The quantitative estimate of drug-likeness (QED) is 0.764. The maximum absolute atomic E-state index is 10.0. The number of hydrogen-bond acceptors (Lipinski definition) is 2. The molecular weight excluding hydrogens is 296 g/mol. The Morgan fingerprint density at radius 3 is 2.67 bits per heavy atom. The molecule has 0 amide bonds. The van der Waals surface area contributed by atoms with Gasteiger partial charge in [-0.15, -0.1) is 0 Å². The lowest BCUT2D eigenvalue weighted by molar-refractivity contribution is 0.0862. The molecule has 3 aliphatic rings. The molecule has 0 bridgehead atoms. The zero-order valence-corrected chi connectivity index (χ0v) is 15.6. The van der Waals surface area contributed by atoms with Crippen LogP contribution in [-0.2, 0) is 0 Å². The van der Waals surface area contributed by atoms with Crippen LogP contribution in [0.3, 0.4) is 0 Å². The van der Waals surface area contributed by atoms with Crippen molar-refractivity contribution >= 4 is 0 Å². The van der Waals surface area contributed by atoms with E-state index in [1.807, 2.05) is 0 Å². The van der Waals surface area contributed by atoms with E-state index < -0.39 is 12.2 Å². The van der Waals surface area contributed by atoms with Crippen molar-refractivity contribution in [2.75, 3.05) is 0 Å². The van der Waals surface area contributed by atoms with Crippen LogP contribution >= 0.6 is 0 Å². The van der Waals surface area contributed by atoms with Gasteiger partial charge in [-0.1, -0.05) is 45.1 Å². The van der Waals surface area contributed by atoms with E-state index in [1.54, 1.807) is 5.57 Å². The van der Waals surface area contributed by atoms with Crippen LogP contribution in [0.1, 0.15) is 65.7 Å². The smallest absolute Gasteiger partial charge is 0.0811 e. The van der Waals surface area contributed by atoms with Gasteiger partial charge in [-0.3, -0.25) is 0 Å². The predicted molar refractivity (Wildman–Crippen MR) is 99.6 cm³/mol. The van der Waals surface area contributed by atoms with Crippen LogP contribution in [0.2, 0.25) is 0 Å². The third kappa shape index (κ3) is 3.15. The number of rotatable bonds is 2. The summed E-state index contributed by atoms with van der Waals surface area (Å²) >= 11 is 0. The Morgan fingerprint density at radius 2 is 1.96 bits per heavy atom. The van der Waals surface area contributed by atoms with E-state index in [0.29, 0.717) is 24.2 Å². The van der Waals surface area contributed by atoms with Gasteiger partial charge in [0.25, 0.3) is 0 Å². The Balaban J connectivity index is 1.83. The second kappa shape index (κ2) is 6.80. The molecule has 3 fully saturated rings. The van der Waals surface area contributed by atoms with Crippen molar-refractivity contribution in [2.45, 2.75) is 77.9 Å². The number of aliphatic hydroxyl groups excluding tert-OH is 2. The molecule has 0 radical (unpaired) electrons. The first kappa shape index (κ1) is 17.9. The Bertz CT molecular complexity index is 556. The highest BCUT2D eigenvalue weighted by molar-refractivity contribution is 5.38. The van der Waals surface area contributed by atoms with E-state index >= 15 is 0 Å². The summed E-state index contributed by atoms with van der Waals surface area (Å²) < 4.78 is 0. The van der Waals surface area contributed by atoms with Gasteiger partial charge in [-0.25, -0.2) is 0 Å². The number of allylic oxidation sites excluding steroid dienone is 3. The first-order chi connectivity index (χ1) is 11.3. The topological polar surface area (TPSA) is 40.5 Å². The van der Waals surface area contributed by atoms with Crippen LogP contribution in [0, 0.1) is 23.2 Å². The SMILES string of the molecule is C=C1/C(=C/C=C2\CCC[C@]3(C)[C@@H](C(C)C)CC[C@@H]23)C[C@@H](O)C[C@@H]1O. The summed E-state index contributed by atoms with van der Waals surface area (Å²) in [6.07, 6.45) is 11.0. The van der Waals surface area contributed by atoms with Crippen LogP contribution in [0.5, 0.6) is 0 Å². The van der Waals surface area contributed by atoms with Crippen molar-refractivity contribution in [3.05, 3.63) is 35.5 Å². The Kier molecular flexibility index (Phi) is 5.09. The summed E-state index contributed by atoms with van der Waals surface area (Å²) in [4.78, 5) is 0. The maximum atomic E-state index is 10.0. The van der Waals surface area contributed by atoms with Crippen molar-refractivity contribution < 1.29 is 10.2 Å². The van der Waals surface area contributed by atoms with Crippen LogP contribution in [0.15, 0.2) is 35.5 Å². The molecule has 0 aromatic rings. The molecule has 2 N–H and O–H groups in total. The highest BCUT2D eigenvalue weighted by atomic mass is 16.3. The molecule has 3 saturated carbocycles. The first-order valence-corrected chi connectivity index (χ1v) is 9.78. The zero-order chi connectivity index (χ0) is 17.5. The second-order valence-corrected chi connectivity index (χ2v) is 8.91. The lowest BCUT2D eigenvalue weighted by Crippen LogP contribution is -2.35. The molecule has 0 saturated heterocycles. The molecule has 3 aliphatic carbocycles. The summed E-state index contributed by atoms with van der Waals surface area (Å²) in [5.41, 5.74) is 3.86. The van der Waals surface area contributed by atoms with Gasteiger partial charge >= 0.3 is 0 Å². The summed E-state index contributed by atoms with van der Waals surface area (Å²) in [5.74, 6) is 2.32. The molecule has 0 unspecified atom stereocenters. The van der Waals surface area contributed by atoms with Crippen LogP contribution in [0.4, 0.5) is 0 Å². The fourth-order valence-electron chi connectivity index (χ4n) is 5.84. The van der Waals surface area contributed by atoms with Crippen molar-refractivity contribution in [1.82, 2.24) is 0 Å². The van der Waals surface area contributed by atoms with Gasteiger partial charge in [0.15, 0.2) is 0 Å². The lowest BCUT2D eigenvalue weighted by Gasteiger charge is -2.43. The van der Waals surface area contributed by atoms with Gasteiger partial charge in [0.1, 0.15) is 0 Å². The Labute approximate surface area is 147 Å². The minimum absolute atomic E-state index is 0.420. The summed E-state index contributed by atoms with van der Waals surface area (Å²) in [6.45, 7) is 11.3. The predicted octanol–water partition coefficient (Wildman–Crippen LogP) is 4.78. The van der Waals surface area contributed by atoms with Gasteiger partial charge in [-0.2, -0.15) is 0 Å². The third-order valence-corrected chi connectivity index (χ3v) is 7.11. The molecule has 2 heteroatoms. The molecule has 0 heterocycles. The molecule has 3 rings (SSSR count).